The monoisotopic (exact) mass is 348 g/mol. The first-order valence-corrected chi connectivity index (χ1v) is 9.16. The molecule has 6 nitrogen and oxygen atoms in total. The van der Waals surface area contributed by atoms with Crippen molar-refractivity contribution in [1.82, 2.24) is 9.88 Å². The summed E-state index contributed by atoms with van der Waals surface area (Å²) in [5, 5.41) is 11.9. The molecule has 0 radical (unpaired) electrons. The fourth-order valence-corrected chi connectivity index (χ4v) is 3.86. The van der Waals surface area contributed by atoms with E-state index in [1.807, 2.05) is 0 Å². The summed E-state index contributed by atoms with van der Waals surface area (Å²) >= 11 is 1.55. The maximum Gasteiger partial charge on any atom is 0.270 e. The highest BCUT2D eigenvalue weighted by Gasteiger charge is 2.21. The molecule has 0 atom stereocenters. The molecule has 1 saturated heterocycles. The Balaban J connectivity index is 1.64. The SMILES string of the molecule is CC(C)(C)CCN1CCN(c2nc3ccc([N+](=O)[O-])cc3s2)CC1. The van der Waals surface area contributed by atoms with Gasteiger partial charge in [0, 0.05) is 38.3 Å². The molecule has 0 bridgehead atoms. The number of nitrogens with zero attached hydrogens (tertiary/aromatic N) is 4. The van der Waals surface area contributed by atoms with Crippen molar-refractivity contribution in [3.05, 3.63) is 28.3 Å². The van der Waals surface area contributed by atoms with Crippen LogP contribution in [0.15, 0.2) is 18.2 Å². The van der Waals surface area contributed by atoms with E-state index in [2.05, 4.69) is 35.6 Å². The maximum atomic E-state index is 10.9. The lowest BCUT2D eigenvalue weighted by molar-refractivity contribution is -0.384. The average molecular weight is 348 g/mol. The minimum Gasteiger partial charge on any atom is -0.345 e. The number of hydrogen-bond acceptors (Lipinski definition) is 6. The molecule has 130 valence electrons. The van der Waals surface area contributed by atoms with Gasteiger partial charge < -0.3 is 4.90 Å². The number of aromatic nitrogens is 1. The number of hydrogen-bond donors (Lipinski definition) is 0. The van der Waals surface area contributed by atoms with Gasteiger partial charge in [-0.1, -0.05) is 32.1 Å². The molecule has 0 unspecified atom stereocenters. The molecular formula is C17H24N4O2S. The van der Waals surface area contributed by atoms with E-state index in [0.29, 0.717) is 5.41 Å². The molecule has 0 N–H and O–H groups in total. The van der Waals surface area contributed by atoms with Crippen molar-refractivity contribution >= 4 is 32.4 Å². The molecule has 24 heavy (non-hydrogen) atoms. The minimum atomic E-state index is -0.354. The molecule has 1 aliphatic rings. The first-order chi connectivity index (χ1) is 11.3. The number of non-ortho nitro benzene ring substituents is 1. The highest BCUT2D eigenvalue weighted by Crippen LogP contribution is 2.32. The quantitative estimate of drug-likeness (QED) is 0.622. The van der Waals surface area contributed by atoms with E-state index in [1.165, 1.54) is 12.5 Å². The molecule has 2 aromatic rings. The Morgan fingerprint density at radius 3 is 2.58 bits per heavy atom. The Morgan fingerprint density at radius 2 is 1.96 bits per heavy atom. The van der Waals surface area contributed by atoms with Crippen LogP contribution in [0.2, 0.25) is 0 Å². The van der Waals surface area contributed by atoms with Crippen LogP contribution in [-0.2, 0) is 0 Å². The Hall–Kier alpha value is -1.73. The van der Waals surface area contributed by atoms with Crippen molar-refractivity contribution < 1.29 is 4.92 Å². The van der Waals surface area contributed by atoms with Crippen LogP contribution in [0.1, 0.15) is 27.2 Å². The summed E-state index contributed by atoms with van der Waals surface area (Å²) in [6.07, 6.45) is 1.21. The Kier molecular flexibility index (Phi) is 4.73. The second-order valence-corrected chi connectivity index (χ2v) is 8.55. The largest absolute Gasteiger partial charge is 0.345 e. The highest BCUT2D eigenvalue weighted by molar-refractivity contribution is 7.22. The van der Waals surface area contributed by atoms with Gasteiger partial charge >= 0.3 is 0 Å². The summed E-state index contributed by atoms with van der Waals surface area (Å²) in [7, 11) is 0. The van der Waals surface area contributed by atoms with Crippen molar-refractivity contribution in [3.63, 3.8) is 0 Å². The summed E-state index contributed by atoms with van der Waals surface area (Å²) in [5.74, 6) is 0. The zero-order chi connectivity index (χ0) is 17.3. The normalized spacial score (nSPS) is 16.7. The molecular weight excluding hydrogens is 324 g/mol. The molecule has 1 fully saturated rings. The van der Waals surface area contributed by atoms with Gasteiger partial charge in [0.15, 0.2) is 5.13 Å². The van der Waals surface area contributed by atoms with Gasteiger partial charge in [0.25, 0.3) is 5.69 Å². The highest BCUT2D eigenvalue weighted by atomic mass is 32.1. The van der Waals surface area contributed by atoms with Crippen LogP contribution in [-0.4, -0.2) is 47.5 Å². The number of benzene rings is 1. The molecule has 1 aromatic carbocycles. The van der Waals surface area contributed by atoms with Gasteiger partial charge in [0.1, 0.15) is 0 Å². The standard InChI is InChI=1S/C17H24N4O2S/c1-17(2,3)6-7-19-8-10-20(11-9-19)16-18-14-5-4-13(21(22)23)12-15(14)24-16/h4-5,12H,6-11H2,1-3H3. The second-order valence-electron chi connectivity index (χ2n) is 7.54. The number of nitro benzene ring substituents is 1. The number of fused-ring (bicyclic) bond motifs is 1. The topological polar surface area (TPSA) is 62.5 Å². The third-order valence-corrected chi connectivity index (χ3v) is 5.47. The maximum absolute atomic E-state index is 10.9. The van der Waals surface area contributed by atoms with Gasteiger partial charge in [-0.25, -0.2) is 4.98 Å². The zero-order valence-electron chi connectivity index (χ0n) is 14.5. The molecule has 1 aromatic heterocycles. The van der Waals surface area contributed by atoms with E-state index in [0.717, 1.165) is 48.1 Å². The molecule has 7 heteroatoms. The lowest BCUT2D eigenvalue weighted by Crippen LogP contribution is -2.47. The molecule has 3 rings (SSSR count). The van der Waals surface area contributed by atoms with E-state index in [4.69, 9.17) is 0 Å². The van der Waals surface area contributed by atoms with E-state index in [1.54, 1.807) is 23.5 Å². The van der Waals surface area contributed by atoms with Crippen LogP contribution >= 0.6 is 11.3 Å². The predicted molar refractivity (Wildman–Crippen MR) is 99.0 cm³/mol. The van der Waals surface area contributed by atoms with E-state index < -0.39 is 0 Å². The fraction of sp³-hybridized carbons (Fsp3) is 0.588. The molecule has 0 saturated carbocycles. The Bertz CT molecular complexity index is 730. The van der Waals surface area contributed by atoms with E-state index >= 15 is 0 Å². The third kappa shape index (κ3) is 4.02. The first kappa shape index (κ1) is 17.1. The second kappa shape index (κ2) is 6.64. The molecule has 2 heterocycles. The molecule has 0 amide bonds. The van der Waals surface area contributed by atoms with Crippen molar-refractivity contribution in [3.8, 4) is 0 Å². The minimum absolute atomic E-state index is 0.129. The van der Waals surface area contributed by atoms with Crippen molar-refractivity contribution in [1.29, 1.82) is 0 Å². The summed E-state index contributed by atoms with van der Waals surface area (Å²) in [5.41, 5.74) is 1.35. The smallest absolute Gasteiger partial charge is 0.270 e. The van der Waals surface area contributed by atoms with E-state index in [9.17, 15) is 10.1 Å². The van der Waals surface area contributed by atoms with Gasteiger partial charge in [0.05, 0.1) is 15.1 Å². The van der Waals surface area contributed by atoms with Crippen LogP contribution in [0, 0.1) is 15.5 Å². The fourth-order valence-electron chi connectivity index (χ4n) is 2.81. The molecule has 0 spiro atoms. The van der Waals surface area contributed by atoms with Crippen LogP contribution in [0.25, 0.3) is 10.2 Å². The van der Waals surface area contributed by atoms with Crippen molar-refractivity contribution in [2.45, 2.75) is 27.2 Å². The van der Waals surface area contributed by atoms with Gasteiger partial charge in [0.2, 0.25) is 0 Å². The first-order valence-electron chi connectivity index (χ1n) is 8.34. The van der Waals surface area contributed by atoms with Crippen LogP contribution in [0.3, 0.4) is 0 Å². The van der Waals surface area contributed by atoms with Gasteiger partial charge in [-0.05, 0) is 24.4 Å². The van der Waals surface area contributed by atoms with Crippen molar-refractivity contribution in [2.75, 3.05) is 37.6 Å². The number of thiazole rings is 1. The third-order valence-electron chi connectivity index (χ3n) is 4.39. The molecule has 0 aliphatic carbocycles. The number of piperazine rings is 1. The van der Waals surface area contributed by atoms with Gasteiger partial charge in [-0.3, -0.25) is 15.0 Å². The summed E-state index contributed by atoms with van der Waals surface area (Å²) in [4.78, 5) is 20.0. The van der Waals surface area contributed by atoms with Gasteiger partial charge in [-0.15, -0.1) is 0 Å². The zero-order valence-corrected chi connectivity index (χ0v) is 15.3. The van der Waals surface area contributed by atoms with Crippen LogP contribution in [0.4, 0.5) is 10.8 Å². The Morgan fingerprint density at radius 1 is 1.25 bits per heavy atom. The lowest BCUT2D eigenvalue weighted by Gasteiger charge is -2.35. The number of nitro groups is 1. The summed E-state index contributed by atoms with van der Waals surface area (Å²) < 4.78 is 0.884. The van der Waals surface area contributed by atoms with Crippen LogP contribution < -0.4 is 4.90 Å². The van der Waals surface area contributed by atoms with Crippen LogP contribution in [0.5, 0.6) is 0 Å². The molecule has 1 aliphatic heterocycles. The average Bonchev–Trinajstić information content (AvgIpc) is 2.95. The summed E-state index contributed by atoms with van der Waals surface area (Å²) in [6.45, 7) is 12.0. The van der Waals surface area contributed by atoms with Gasteiger partial charge in [-0.2, -0.15) is 0 Å². The predicted octanol–water partition coefficient (Wildman–Crippen LogP) is 3.76. The van der Waals surface area contributed by atoms with Crippen molar-refractivity contribution in [2.24, 2.45) is 5.41 Å². The number of rotatable bonds is 4. The van der Waals surface area contributed by atoms with E-state index in [-0.39, 0.29) is 10.6 Å². The lowest BCUT2D eigenvalue weighted by atomic mass is 9.92. The number of anilines is 1. The summed E-state index contributed by atoms with van der Waals surface area (Å²) in [6, 6.07) is 4.89. The Labute approximate surface area is 146 Å².